The maximum Gasteiger partial charge on any atom is 0.410 e. The summed E-state index contributed by atoms with van der Waals surface area (Å²) >= 11 is 0. The van der Waals surface area contributed by atoms with Crippen LogP contribution in [0.1, 0.15) is 52.1 Å². The van der Waals surface area contributed by atoms with Crippen LogP contribution in [0.3, 0.4) is 0 Å². The van der Waals surface area contributed by atoms with Gasteiger partial charge in [-0.05, 0) is 40.5 Å². The van der Waals surface area contributed by atoms with Crippen molar-refractivity contribution in [2.24, 2.45) is 0 Å². The molecule has 23 heavy (non-hydrogen) atoms. The number of aromatic nitrogens is 2. The monoisotopic (exact) mass is 322 g/mol. The van der Waals surface area contributed by atoms with Crippen molar-refractivity contribution in [2.45, 2.75) is 52.1 Å². The highest BCUT2D eigenvalue weighted by Gasteiger charge is 2.28. The second-order valence-corrected chi connectivity index (χ2v) is 6.69. The molecule has 0 spiro atoms. The Morgan fingerprint density at radius 1 is 1.35 bits per heavy atom. The molecule has 0 atom stereocenters. The number of rotatable bonds is 3. The van der Waals surface area contributed by atoms with Crippen LogP contribution in [0, 0.1) is 0 Å². The van der Waals surface area contributed by atoms with Crippen LogP contribution in [0.4, 0.5) is 10.6 Å². The van der Waals surface area contributed by atoms with Crippen molar-refractivity contribution >= 4 is 11.9 Å². The molecule has 2 rings (SSSR count). The fourth-order valence-electron chi connectivity index (χ4n) is 2.55. The van der Waals surface area contributed by atoms with Crippen molar-refractivity contribution in [2.75, 3.05) is 25.4 Å². The zero-order valence-electron chi connectivity index (χ0n) is 14.3. The molecule has 7 heteroatoms. The SMILES string of the molecule is CCOc1cc(C2CCN(C(=O)OC(C)(C)C)CC2)nnc1N. The Balaban J connectivity index is 1.96. The lowest BCUT2D eigenvalue weighted by Gasteiger charge is -2.33. The van der Waals surface area contributed by atoms with Gasteiger partial charge < -0.3 is 20.1 Å². The van der Waals surface area contributed by atoms with E-state index in [-0.39, 0.29) is 12.0 Å². The summed E-state index contributed by atoms with van der Waals surface area (Å²) in [4.78, 5) is 13.8. The van der Waals surface area contributed by atoms with Crippen LogP contribution in [-0.2, 0) is 4.74 Å². The van der Waals surface area contributed by atoms with Crippen LogP contribution < -0.4 is 10.5 Å². The van der Waals surface area contributed by atoms with Crippen molar-refractivity contribution in [3.8, 4) is 5.75 Å². The minimum Gasteiger partial charge on any atom is -0.490 e. The Morgan fingerprint density at radius 3 is 2.57 bits per heavy atom. The summed E-state index contributed by atoms with van der Waals surface area (Å²) in [5.74, 6) is 1.13. The van der Waals surface area contributed by atoms with Gasteiger partial charge in [0.1, 0.15) is 5.60 Å². The molecule has 1 aromatic heterocycles. The molecular formula is C16H26N4O3. The maximum atomic E-state index is 12.1. The van der Waals surface area contributed by atoms with Crippen molar-refractivity contribution in [1.29, 1.82) is 0 Å². The van der Waals surface area contributed by atoms with Crippen LogP contribution in [0.25, 0.3) is 0 Å². The number of carbonyl (C=O) groups excluding carboxylic acids is 1. The Hall–Kier alpha value is -2.05. The number of nitrogens with zero attached hydrogens (tertiary/aromatic N) is 3. The summed E-state index contributed by atoms with van der Waals surface area (Å²) in [6.07, 6.45) is 1.39. The van der Waals surface area contributed by atoms with E-state index in [1.54, 1.807) is 4.90 Å². The fourth-order valence-corrected chi connectivity index (χ4v) is 2.55. The van der Waals surface area contributed by atoms with Gasteiger partial charge >= 0.3 is 6.09 Å². The summed E-state index contributed by atoms with van der Waals surface area (Å²) in [6, 6.07) is 1.86. The molecule has 0 radical (unpaired) electrons. The fraction of sp³-hybridized carbons (Fsp3) is 0.688. The van der Waals surface area contributed by atoms with Gasteiger partial charge in [0.05, 0.1) is 12.3 Å². The number of ether oxygens (including phenoxy) is 2. The summed E-state index contributed by atoms with van der Waals surface area (Å²) in [5, 5.41) is 8.16. The van der Waals surface area contributed by atoms with E-state index in [9.17, 15) is 4.79 Å². The van der Waals surface area contributed by atoms with E-state index in [1.807, 2.05) is 33.8 Å². The number of anilines is 1. The molecule has 1 amide bonds. The number of nitrogens with two attached hydrogens (primary N) is 1. The van der Waals surface area contributed by atoms with Crippen LogP contribution in [-0.4, -0.2) is 46.5 Å². The molecule has 1 fully saturated rings. The molecule has 1 aliphatic rings. The van der Waals surface area contributed by atoms with Crippen molar-refractivity contribution in [3.05, 3.63) is 11.8 Å². The molecule has 1 aliphatic heterocycles. The normalized spacial score (nSPS) is 16.3. The first-order valence-corrected chi connectivity index (χ1v) is 8.04. The highest BCUT2D eigenvalue weighted by Crippen LogP contribution is 2.30. The zero-order valence-corrected chi connectivity index (χ0v) is 14.3. The first-order chi connectivity index (χ1) is 10.8. The Labute approximate surface area is 137 Å². The van der Waals surface area contributed by atoms with E-state index in [0.29, 0.717) is 31.3 Å². The van der Waals surface area contributed by atoms with Crippen LogP contribution in [0.15, 0.2) is 6.07 Å². The molecule has 0 unspecified atom stereocenters. The minimum atomic E-state index is -0.469. The van der Waals surface area contributed by atoms with Gasteiger partial charge in [-0.3, -0.25) is 0 Å². The third-order valence-corrected chi connectivity index (χ3v) is 3.67. The molecule has 128 valence electrons. The van der Waals surface area contributed by atoms with Gasteiger partial charge in [-0.1, -0.05) is 0 Å². The Morgan fingerprint density at radius 2 is 2.00 bits per heavy atom. The molecule has 7 nitrogen and oxygen atoms in total. The quantitative estimate of drug-likeness (QED) is 0.919. The number of hydrogen-bond donors (Lipinski definition) is 1. The Kier molecular flexibility index (Phi) is 5.28. The molecule has 0 bridgehead atoms. The van der Waals surface area contributed by atoms with E-state index in [1.165, 1.54) is 0 Å². The molecule has 1 saturated heterocycles. The van der Waals surface area contributed by atoms with Gasteiger partial charge in [0.2, 0.25) is 0 Å². The number of amides is 1. The second kappa shape index (κ2) is 7.02. The van der Waals surface area contributed by atoms with Gasteiger partial charge in [0, 0.05) is 25.1 Å². The summed E-state index contributed by atoms with van der Waals surface area (Å²) < 4.78 is 10.9. The minimum absolute atomic E-state index is 0.251. The van der Waals surface area contributed by atoms with Crippen molar-refractivity contribution in [3.63, 3.8) is 0 Å². The average molecular weight is 322 g/mol. The lowest BCUT2D eigenvalue weighted by Crippen LogP contribution is -2.41. The van der Waals surface area contributed by atoms with Crippen LogP contribution in [0.2, 0.25) is 0 Å². The number of piperidine rings is 1. The lowest BCUT2D eigenvalue weighted by atomic mass is 9.93. The van der Waals surface area contributed by atoms with Gasteiger partial charge in [-0.25, -0.2) is 4.79 Å². The molecule has 0 aromatic carbocycles. The van der Waals surface area contributed by atoms with Gasteiger partial charge in [0.15, 0.2) is 11.6 Å². The maximum absolute atomic E-state index is 12.1. The number of likely N-dealkylation sites (tertiary alicyclic amines) is 1. The molecule has 2 N–H and O–H groups in total. The summed E-state index contributed by atoms with van der Waals surface area (Å²) in [5.41, 5.74) is 6.16. The standard InChI is InChI=1S/C16H26N4O3/c1-5-22-13-10-12(18-19-14(13)17)11-6-8-20(9-7-11)15(21)23-16(2,3)4/h10-11H,5-9H2,1-4H3,(H2,17,19). The lowest BCUT2D eigenvalue weighted by molar-refractivity contribution is 0.0204. The van der Waals surface area contributed by atoms with E-state index in [2.05, 4.69) is 10.2 Å². The summed E-state index contributed by atoms with van der Waals surface area (Å²) in [7, 11) is 0. The first kappa shape index (κ1) is 17.3. The van der Waals surface area contributed by atoms with E-state index in [0.717, 1.165) is 18.5 Å². The van der Waals surface area contributed by atoms with E-state index < -0.39 is 5.60 Å². The largest absolute Gasteiger partial charge is 0.490 e. The molecule has 1 aromatic rings. The predicted molar refractivity (Wildman–Crippen MR) is 87.4 cm³/mol. The van der Waals surface area contributed by atoms with E-state index in [4.69, 9.17) is 15.2 Å². The van der Waals surface area contributed by atoms with Gasteiger partial charge in [-0.15, -0.1) is 5.10 Å². The van der Waals surface area contributed by atoms with Gasteiger partial charge in [-0.2, -0.15) is 5.10 Å². The van der Waals surface area contributed by atoms with Crippen molar-refractivity contribution < 1.29 is 14.3 Å². The van der Waals surface area contributed by atoms with Crippen LogP contribution >= 0.6 is 0 Å². The summed E-state index contributed by atoms with van der Waals surface area (Å²) in [6.45, 7) is 9.35. The van der Waals surface area contributed by atoms with E-state index >= 15 is 0 Å². The zero-order chi connectivity index (χ0) is 17.0. The second-order valence-electron chi connectivity index (χ2n) is 6.69. The highest BCUT2D eigenvalue weighted by molar-refractivity contribution is 5.68. The van der Waals surface area contributed by atoms with Crippen LogP contribution in [0.5, 0.6) is 5.75 Å². The predicted octanol–water partition coefficient (Wildman–Crippen LogP) is 2.57. The highest BCUT2D eigenvalue weighted by atomic mass is 16.6. The number of nitrogen functional groups attached to an aromatic ring is 1. The van der Waals surface area contributed by atoms with Gasteiger partial charge in [0.25, 0.3) is 0 Å². The molecular weight excluding hydrogens is 296 g/mol. The Bertz CT molecular complexity index is 549. The number of carbonyl (C=O) groups is 1. The first-order valence-electron chi connectivity index (χ1n) is 8.04. The third-order valence-electron chi connectivity index (χ3n) is 3.67. The number of hydrogen-bond acceptors (Lipinski definition) is 6. The van der Waals surface area contributed by atoms with Crippen molar-refractivity contribution in [1.82, 2.24) is 15.1 Å². The smallest absolute Gasteiger partial charge is 0.410 e. The average Bonchev–Trinajstić information content (AvgIpc) is 2.48. The molecule has 0 aliphatic carbocycles. The third kappa shape index (κ3) is 4.71. The topological polar surface area (TPSA) is 90.6 Å². The molecule has 0 saturated carbocycles. The molecule has 2 heterocycles.